The summed E-state index contributed by atoms with van der Waals surface area (Å²) in [4.78, 5) is 0. The molecule has 0 fully saturated rings. The van der Waals surface area contributed by atoms with Gasteiger partial charge in [0.05, 0.1) is 22.5 Å². The van der Waals surface area contributed by atoms with Crippen LogP contribution >= 0.6 is 0 Å². The molecule has 278 valence electrons. The van der Waals surface area contributed by atoms with E-state index in [9.17, 15) is 0 Å². The lowest BCUT2D eigenvalue weighted by Gasteiger charge is -2.46. The molecule has 0 saturated carbocycles. The third-order valence-electron chi connectivity index (χ3n) is 12.6. The second-order valence-electron chi connectivity index (χ2n) is 18.5. The number of benzene rings is 7. The lowest BCUT2D eigenvalue weighted by Crippen LogP contribution is -2.40. The second-order valence-corrected chi connectivity index (χ2v) is 18.5. The molecule has 7 aromatic rings. The van der Waals surface area contributed by atoms with Crippen LogP contribution in [-0.2, 0) is 21.7 Å². The fourth-order valence-electron chi connectivity index (χ4n) is 9.68. The minimum Gasteiger partial charge on any atom is -0.397 e. The zero-order valence-corrected chi connectivity index (χ0v) is 34.0. The quantitative estimate of drug-likeness (QED) is 0.177. The molecule has 7 aromatic carbocycles. The predicted molar refractivity (Wildman–Crippen MR) is 238 cm³/mol. The molecule has 3 N–H and O–H groups in total. The maximum atomic E-state index is 6.70. The van der Waals surface area contributed by atoms with Crippen molar-refractivity contribution in [1.29, 1.82) is 0 Å². The van der Waals surface area contributed by atoms with E-state index in [2.05, 4.69) is 200 Å². The van der Waals surface area contributed by atoms with Gasteiger partial charge >= 0.3 is 0 Å². The average Bonchev–Trinajstić information content (AvgIpc) is 3.48. The molecule has 2 heteroatoms. The van der Waals surface area contributed by atoms with E-state index in [1.54, 1.807) is 0 Å². The molecule has 2 aliphatic carbocycles. The fourth-order valence-corrected chi connectivity index (χ4v) is 9.68. The maximum Gasteiger partial charge on any atom is 0.0719 e. The number of hydrogen-bond donors (Lipinski definition) is 2. The molecule has 0 radical (unpaired) electrons. The summed E-state index contributed by atoms with van der Waals surface area (Å²) in [5, 5.41) is 3.93. The summed E-state index contributed by atoms with van der Waals surface area (Å²) in [6.45, 7) is 18.6. The topological polar surface area (TPSA) is 38.0 Å². The lowest BCUT2D eigenvalue weighted by molar-refractivity contribution is 0.563. The van der Waals surface area contributed by atoms with Gasteiger partial charge in [0.1, 0.15) is 0 Å². The predicted octanol–water partition coefficient (Wildman–Crippen LogP) is 13.9. The van der Waals surface area contributed by atoms with Crippen LogP contribution in [0.4, 0.5) is 17.1 Å². The molecule has 0 amide bonds. The highest BCUT2D eigenvalue weighted by Crippen LogP contribution is 2.63. The van der Waals surface area contributed by atoms with Crippen LogP contribution < -0.4 is 11.1 Å². The van der Waals surface area contributed by atoms with Gasteiger partial charge in [-0.1, -0.05) is 195 Å². The average molecular weight is 729 g/mol. The molecule has 0 heterocycles. The van der Waals surface area contributed by atoms with Gasteiger partial charge in [-0.25, -0.2) is 0 Å². The van der Waals surface area contributed by atoms with E-state index < -0.39 is 5.41 Å². The zero-order chi connectivity index (χ0) is 39.2. The number of nitrogens with one attached hydrogen (secondary N) is 1. The van der Waals surface area contributed by atoms with Crippen LogP contribution in [0, 0.1) is 0 Å². The minimum atomic E-state index is -0.470. The smallest absolute Gasteiger partial charge is 0.0719 e. The van der Waals surface area contributed by atoms with Crippen LogP contribution in [0.5, 0.6) is 0 Å². The Labute approximate surface area is 333 Å². The van der Waals surface area contributed by atoms with Crippen LogP contribution in [0.1, 0.15) is 99.9 Å². The summed E-state index contributed by atoms with van der Waals surface area (Å²) >= 11 is 0. The number of anilines is 3. The first kappa shape index (κ1) is 35.8. The molecular weight excluding hydrogens is 677 g/mol. The first-order valence-electron chi connectivity index (χ1n) is 20.1. The lowest BCUT2D eigenvalue weighted by atomic mass is 9.55. The third kappa shape index (κ3) is 5.29. The Hall–Kier alpha value is -5.86. The number of nitrogens with two attached hydrogens (primary N) is 1. The SMILES string of the molecule is CC(C)(C)c1cc(-c2cccc(-c3cccc4c3-c3ccccc3C43c4ccccc4C(C)(C)c4ccccc43)c2Nc2ccccc2N)cc(C(C)(C)C)c1. The number of nitrogen functional groups attached to an aromatic ring is 1. The summed E-state index contributed by atoms with van der Waals surface area (Å²) < 4.78 is 0. The van der Waals surface area contributed by atoms with E-state index in [1.165, 1.54) is 66.8 Å². The van der Waals surface area contributed by atoms with Crippen LogP contribution in [0.2, 0.25) is 0 Å². The Kier molecular flexibility index (Phi) is 8.05. The molecule has 0 bridgehead atoms. The van der Waals surface area contributed by atoms with Gasteiger partial charge in [-0.15, -0.1) is 0 Å². The van der Waals surface area contributed by atoms with Gasteiger partial charge in [0.15, 0.2) is 0 Å². The van der Waals surface area contributed by atoms with Gasteiger partial charge in [-0.3, -0.25) is 0 Å². The van der Waals surface area contributed by atoms with E-state index in [1.807, 2.05) is 12.1 Å². The van der Waals surface area contributed by atoms with Gasteiger partial charge in [0.25, 0.3) is 0 Å². The maximum absolute atomic E-state index is 6.70. The number of fused-ring (bicyclic) bond motifs is 9. The highest BCUT2D eigenvalue weighted by Gasteiger charge is 2.53. The van der Waals surface area contributed by atoms with Crippen molar-refractivity contribution in [1.82, 2.24) is 0 Å². The number of rotatable bonds is 4. The molecule has 56 heavy (non-hydrogen) atoms. The molecule has 0 atom stereocenters. The Morgan fingerprint density at radius 1 is 0.446 bits per heavy atom. The zero-order valence-electron chi connectivity index (χ0n) is 34.0. The molecule has 0 saturated heterocycles. The van der Waals surface area contributed by atoms with Gasteiger partial charge in [0.2, 0.25) is 0 Å². The van der Waals surface area contributed by atoms with Gasteiger partial charge < -0.3 is 11.1 Å². The second kappa shape index (κ2) is 12.6. The van der Waals surface area contributed by atoms with Gasteiger partial charge in [0, 0.05) is 16.5 Å². The van der Waals surface area contributed by atoms with Crippen LogP contribution in [0.15, 0.2) is 152 Å². The van der Waals surface area contributed by atoms with E-state index in [0.717, 1.165) is 22.5 Å². The Balaban J connectivity index is 1.38. The highest BCUT2D eigenvalue weighted by atomic mass is 14.9. The first-order chi connectivity index (χ1) is 26.7. The van der Waals surface area contributed by atoms with Crippen molar-refractivity contribution in [2.24, 2.45) is 0 Å². The van der Waals surface area contributed by atoms with E-state index >= 15 is 0 Å². The van der Waals surface area contributed by atoms with Crippen molar-refractivity contribution in [2.75, 3.05) is 11.1 Å². The Morgan fingerprint density at radius 3 is 1.52 bits per heavy atom. The fraction of sp³-hybridized carbons (Fsp3) is 0.222. The third-order valence-corrected chi connectivity index (χ3v) is 12.6. The highest BCUT2D eigenvalue weighted by molar-refractivity contribution is 6.02. The van der Waals surface area contributed by atoms with Crippen molar-refractivity contribution < 1.29 is 0 Å². The largest absolute Gasteiger partial charge is 0.397 e. The molecule has 9 rings (SSSR count). The van der Waals surface area contributed by atoms with Crippen molar-refractivity contribution in [3.63, 3.8) is 0 Å². The number of para-hydroxylation sites is 3. The van der Waals surface area contributed by atoms with Gasteiger partial charge in [-0.2, -0.15) is 0 Å². The standard InChI is InChI=1S/C54H52N2/c1-51(2,3)35-31-34(32-36(33-35)52(4,5)6)37-20-17-22-39(50(37)56-48-30-16-15-29-47(48)55)38-21-18-28-46-49(38)40-19-9-10-23-41(40)54(46)44-26-13-11-24-42(44)53(7,8)43-25-12-14-27-45(43)54/h9-33,56H,55H2,1-8H3. The summed E-state index contributed by atoms with van der Waals surface area (Å²) in [7, 11) is 0. The monoisotopic (exact) mass is 728 g/mol. The van der Waals surface area contributed by atoms with Crippen molar-refractivity contribution in [3.8, 4) is 33.4 Å². The Morgan fingerprint density at radius 2 is 0.911 bits per heavy atom. The number of hydrogen-bond acceptors (Lipinski definition) is 2. The normalized spacial score (nSPS) is 14.8. The van der Waals surface area contributed by atoms with Crippen LogP contribution in [0.25, 0.3) is 33.4 Å². The molecule has 2 aliphatic rings. The van der Waals surface area contributed by atoms with Crippen molar-refractivity contribution in [3.05, 3.63) is 196 Å². The first-order valence-corrected chi connectivity index (χ1v) is 20.1. The van der Waals surface area contributed by atoms with Gasteiger partial charge in [-0.05, 0) is 89.7 Å². The van der Waals surface area contributed by atoms with Crippen LogP contribution in [-0.4, -0.2) is 0 Å². The summed E-state index contributed by atoms with van der Waals surface area (Å²) in [5.41, 5.74) is 26.8. The van der Waals surface area contributed by atoms with Crippen molar-refractivity contribution in [2.45, 2.75) is 77.0 Å². The Bertz CT molecular complexity index is 2600. The van der Waals surface area contributed by atoms with E-state index in [0.29, 0.717) is 5.69 Å². The van der Waals surface area contributed by atoms with Crippen molar-refractivity contribution >= 4 is 17.1 Å². The van der Waals surface area contributed by atoms with Crippen LogP contribution in [0.3, 0.4) is 0 Å². The minimum absolute atomic E-state index is 0.0233. The molecule has 2 nitrogen and oxygen atoms in total. The van der Waals surface area contributed by atoms with E-state index in [4.69, 9.17) is 5.73 Å². The molecular formula is C54H52N2. The molecule has 0 unspecified atom stereocenters. The summed E-state index contributed by atoms with van der Waals surface area (Å²) in [5.74, 6) is 0. The molecule has 0 aliphatic heterocycles. The van der Waals surface area contributed by atoms with E-state index in [-0.39, 0.29) is 16.2 Å². The summed E-state index contributed by atoms with van der Waals surface area (Å²) in [6, 6.07) is 56.5. The summed E-state index contributed by atoms with van der Waals surface area (Å²) in [6.07, 6.45) is 0. The molecule has 0 aromatic heterocycles. The molecule has 1 spiro atoms.